The Morgan fingerprint density at radius 1 is 1.18 bits per heavy atom. The number of thioether (sulfide) groups is 1. The molecule has 2 N–H and O–H groups in total. The van der Waals surface area contributed by atoms with Crippen LogP contribution in [0.25, 0.3) is 10.9 Å². The van der Waals surface area contributed by atoms with E-state index in [1.165, 1.54) is 17.2 Å². The molecule has 0 spiro atoms. The summed E-state index contributed by atoms with van der Waals surface area (Å²) in [4.78, 5) is 6.90. The Labute approximate surface area is 105 Å². The zero-order valence-electron chi connectivity index (χ0n) is 9.60. The average Bonchev–Trinajstić information content (AvgIpc) is 2.41. The van der Waals surface area contributed by atoms with Gasteiger partial charge in [-0.15, -0.1) is 0 Å². The number of nitrogens with two attached hydrogens (primary N) is 1. The zero-order valence-corrected chi connectivity index (χ0v) is 10.4. The van der Waals surface area contributed by atoms with Crippen molar-refractivity contribution in [2.75, 3.05) is 35.2 Å². The number of rotatable bonds is 1. The SMILES string of the molecule is Nc1ccc(N2CCSCC2)c2ncccc12. The van der Waals surface area contributed by atoms with Crippen molar-refractivity contribution in [3.63, 3.8) is 0 Å². The standard InChI is InChI=1S/C13H15N3S/c14-11-3-4-12(16-6-8-17-9-7-16)13-10(11)2-1-5-15-13/h1-5H,6-9,14H2. The molecule has 1 saturated heterocycles. The molecule has 0 radical (unpaired) electrons. The first kappa shape index (κ1) is 10.7. The highest BCUT2D eigenvalue weighted by atomic mass is 32.2. The van der Waals surface area contributed by atoms with Gasteiger partial charge in [0.05, 0.1) is 11.2 Å². The Morgan fingerprint density at radius 3 is 2.82 bits per heavy atom. The second kappa shape index (κ2) is 4.45. The van der Waals surface area contributed by atoms with Gasteiger partial charge in [0.1, 0.15) is 0 Å². The van der Waals surface area contributed by atoms with Gasteiger partial charge >= 0.3 is 0 Å². The summed E-state index contributed by atoms with van der Waals surface area (Å²) in [5.41, 5.74) is 9.05. The van der Waals surface area contributed by atoms with E-state index in [4.69, 9.17) is 5.73 Å². The highest BCUT2D eigenvalue weighted by molar-refractivity contribution is 7.99. The number of benzene rings is 1. The number of nitrogens with zero attached hydrogens (tertiary/aromatic N) is 2. The van der Waals surface area contributed by atoms with E-state index in [9.17, 15) is 0 Å². The van der Waals surface area contributed by atoms with Crippen LogP contribution in [0.3, 0.4) is 0 Å². The molecule has 1 aliphatic rings. The normalized spacial score (nSPS) is 16.4. The number of fused-ring (bicyclic) bond motifs is 1. The molecule has 0 atom stereocenters. The predicted molar refractivity (Wildman–Crippen MR) is 75.7 cm³/mol. The monoisotopic (exact) mass is 245 g/mol. The van der Waals surface area contributed by atoms with E-state index >= 15 is 0 Å². The van der Waals surface area contributed by atoms with Gasteiger partial charge in [0.25, 0.3) is 0 Å². The van der Waals surface area contributed by atoms with Crippen molar-refractivity contribution in [1.29, 1.82) is 0 Å². The summed E-state index contributed by atoms with van der Waals surface area (Å²) in [7, 11) is 0. The van der Waals surface area contributed by atoms with E-state index in [-0.39, 0.29) is 0 Å². The summed E-state index contributed by atoms with van der Waals surface area (Å²) in [5, 5.41) is 1.06. The molecule has 0 saturated carbocycles. The third-order valence-electron chi connectivity index (χ3n) is 3.13. The molecule has 0 unspecified atom stereocenters. The van der Waals surface area contributed by atoms with Gasteiger partial charge in [-0.05, 0) is 24.3 Å². The molecule has 4 heteroatoms. The van der Waals surface area contributed by atoms with Crippen LogP contribution in [0, 0.1) is 0 Å². The predicted octanol–water partition coefficient (Wildman–Crippen LogP) is 2.37. The molecule has 88 valence electrons. The molecule has 2 aromatic rings. The molecule has 2 heterocycles. The lowest BCUT2D eigenvalue weighted by atomic mass is 10.1. The Hall–Kier alpha value is -1.42. The fourth-order valence-corrected chi connectivity index (χ4v) is 3.14. The van der Waals surface area contributed by atoms with Crippen molar-refractivity contribution < 1.29 is 0 Å². The molecular weight excluding hydrogens is 230 g/mol. The van der Waals surface area contributed by atoms with Crippen molar-refractivity contribution in [1.82, 2.24) is 4.98 Å². The summed E-state index contributed by atoms with van der Waals surface area (Å²) in [6.45, 7) is 2.19. The van der Waals surface area contributed by atoms with Gasteiger partial charge < -0.3 is 10.6 Å². The average molecular weight is 245 g/mol. The Morgan fingerprint density at radius 2 is 2.00 bits per heavy atom. The number of nitrogen functional groups attached to an aromatic ring is 1. The largest absolute Gasteiger partial charge is 0.398 e. The molecule has 17 heavy (non-hydrogen) atoms. The van der Waals surface area contributed by atoms with E-state index in [2.05, 4.69) is 16.0 Å². The van der Waals surface area contributed by atoms with Crippen LogP contribution in [0.4, 0.5) is 11.4 Å². The number of hydrogen-bond donors (Lipinski definition) is 1. The minimum atomic E-state index is 0.809. The third kappa shape index (κ3) is 1.93. The summed E-state index contributed by atoms with van der Waals surface area (Å²) in [6, 6.07) is 8.07. The molecule has 1 fully saturated rings. The topological polar surface area (TPSA) is 42.1 Å². The third-order valence-corrected chi connectivity index (χ3v) is 4.08. The minimum Gasteiger partial charge on any atom is -0.398 e. The first-order valence-electron chi connectivity index (χ1n) is 5.82. The quantitative estimate of drug-likeness (QED) is 0.783. The molecule has 1 aromatic carbocycles. The summed E-state index contributed by atoms with van der Waals surface area (Å²) in [6.07, 6.45) is 1.84. The van der Waals surface area contributed by atoms with Crippen LogP contribution in [-0.4, -0.2) is 29.6 Å². The Kier molecular flexibility index (Phi) is 2.81. The summed E-state index contributed by atoms with van der Waals surface area (Å²) < 4.78 is 0. The van der Waals surface area contributed by atoms with Crippen LogP contribution in [0.2, 0.25) is 0 Å². The van der Waals surface area contributed by atoms with Gasteiger partial charge in [-0.3, -0.25) is 4.98 Å². The molecule has 0 bridgehead atoms. The van der Waals surface area contributed by atoms with Crippen LogP contribution < -0.4 is 10.6 Å². The maximum atomic E-state index is 5.99. The minimum absolute atomic E-state index is 0.809. The molecule has 0 amide bonds. The lowest BCUT2D eigenvalue weighted by molar-refractivity contribution is 0.861. The van der Waals surface area contributed by atoms with Crippen LogP contribution in [0.15, 0.2) is 30.5 Å². The number of hydrogen-bond acceptors (Lipinski definition) is 4. The summed E-state index contributed by atoms with van der Waals surface area (Å²) in [5.74, 6) is 2.39. The van der Waals surface area contributed by atoms with Crippen molar-refractivity contribution in [2.24, 2.45) is 0 Å². The van der Waals surface area contributed by atoms with Crippen LogP contribution in [-0.2, 0) is 0 Å². The van der Waals surface area contributed by atoms with Crippen molar-refractivity contribution >= 4 is 34.0 Å². The van der Waals surface area contributed by atoms with Crippen LogP contribution in [0.5, 0.6) is 0 Å². The fraction of sp³-hybridized carbons (Fsp3) is 0.308. The van der Waals surface area contributed by atoms with Crippen molar-refractivity contribution in [3.05, 3.63) is 30.5 Å². The molecule has 3 rings (SSSR count). The van der Waals surface area contributed by atoms with Gasteiger partial charge in [-0.1, -0.05) is 0 Å². The van der Waals surface area contributed by atoms with Crippen LogP contribution >= 0.6 is 11.8 Å². The number of aromatic nitrogens is 1. The van der Waals surface area contributed by atoms with E-state index in [0.29, 0.717) is 0 Å². The van der Waals surface area contributed by atoms with Gasteiger partial charge in [0, 0.05) is 41.9 Å². The van der Waals surface area contributed by atoms with E-state index in [1.54, 1.807) is 0 Å². The molecule has 0 aliphatic carbocycles. The van der Waals surface area contributed by atoms with Gasteiger partial charge in [0.15, 0.2) is 0 Å². The van der Waals surface area contributed by atoms with Gasteiger partial charge in [-0.25, -0.2) is 0 Å². The lowest BCUT2D eigenvalue weighted by Gasteiger charge is -2.29. The molecule has 1 aromatic heterocycles. The second-order valence-corrected chi connectivity index (χ2v) is 5.40. The number of anilines is 2. The first-order valence-corrected chi connectivity index (χ1v) is 6.97. The maximum absolute atomic E-state index is 5.99. The lowest BCUT2D eigenvalue weighted by Crippen LogP contribution is -2.32. The zero-order chi connectivity index (χ0) is 11.7. The molecule has 1 aliphatic heterocycles. The molecule has 3 nitrogen and oxygen atoms in total. The van der Waals surface area contributed by atoms with Crippen molar-refractivity contribution in [2.45, 2.75) is 0 Å². The van der Waals surface area contributed by atoms with E-state index in [1.807, 2.05) is 36.2 Å². The van der Waals surface area contributed by atoms with Crippen LogP contribution in [0.1, 0.15) is 0 Å². The Balaban J connectivity index is 2.12. The molecular formula is C13H15N3S. The smallest absolute Gasteiger partial charge is 0.0955 e. The Bertz CT molecular complexity index is 535. The maximum Gasteiger partial charge on any atom is 0.0955 e. The van der Waals surface area contributed by atoms with E-state index in [0.717, 1.165) is 29.7 Å². The summed E-state index contributed by atoms with van der Waals surface area (Å²) >= 11 is 2.02. The fourth-order valence-electron chi connectivity index (χ4n) is 2.24. The van der Waals surface area contributed by atoms with Gasteiger partial charge in [-0.2, -0.15) is 11.8 Å². The van der Waals surface area contributed by atoms with Gasteiger partial charge in [0.2, 0.25) is 0 Å². The van der Waals surface area contributed by atoms with E-state index < -0.39 is 0 Å². The number of pyridine rings is 1. The highest BCUT2D eigenvalue weighted by Gasteiger charge is 2.15. The second-order valence-electron chi connectivity index (χ2n) is 4.17. The first-order chi connectivity index (χ1) is 8.36. The highest BCUT2D eigenvalue weighted by Crippen LogP contribution is 2.30. The van der Waals surface area contributed by atoms with Crippen molar-refractivity contribution in [3.8, 4) is 0 Å².